The summed E-state index contributed by atoms with van der Waals surface area (Å²) in [7, 11) is -4.39. The van der Waals surface area contributed by atoms with E-state index in [9.17, 15) is 4.57 Å². The zero-order chi connectivity index (χ0) is 42.2. The highest BCUT2D eigenvalue weighted by Crippen LogP contribution is 2.53. The Morgan fingerprint density at radius 2 is 1.11 bits per heavy atom. The van der Waals surface area contributed by atoms with Crippen molar-refractivity contribution in [2.24, 2.45) is 0 Å². The van der Waals surface area contributed by atoms with E-state index < -0.39 is 43.9 Å². The first-order valence-corrected chi connectivity index (χ1v) is 22.9. The fourth-order valence-corrected chi connectivity index (χ4v) is 9.63. The van der Waals surface area contributed by atoms with Gasteiger partial charge in [-0.25, -0.2) is 0 Å². The summed E-state index contributed by atoms with van der Waals surface area (Å²) in [4.78, 5) is 0. The average Bonchev–Trinajstić information content (AvgIpc) is 4.06. The molecule has 11 nitrogen and oxygen atoms in total. The molecule has 4 aliphatic heterocycles. The molecule has 9 rings (SSSR count). The fourth-order valence-electron chi connectivity index (χ4n) is 8.42. The second-order valence-electron chi connectivity index (χ2n) is 16.3. The van der Waals surface area contributed by atoms with Gasteiger partial charge in [-0.3, -0.25) is 0 Å². The molecule has 0 spiro atoms. The smallest absolute Gasteiger partial charge is 0.459 e. The number of phosphoric ester groups is 1. The van der Waals surface area contributed by atoms with Crippen LogP contribution in [0.1, 0.15) is 49.3 Å². The topological polar surface area (TPSA) is 113 Å². The summed E-state index contributed by atoms with van der Waals surface area (Å²) >= 11 is 0. The van der Waals surface area contributed by atoms with Gasteiger partial charge in [0.2, 0.25) is 0 Å². The lowest BCUT2D eigenvalue weighted by Crippen LogP contribution is -2.62. The Hall–Kier alpha value is -4.97. The summed E-state index contributed by atoms with van der Waals surface area (Å²) in [6, 6.07) is 47.8. The van der Waals surface area contributed by atoms with Gasteiger partial charge in [-0.15, -0.1) is 0 Å². The predicted octanol–water partition coefficient (Wildman–Crippen LogP) is 10.1. The van der Waals surface area contributed by atoms with Gasteiger partial charge in [0.15, 0.2) is 0 Å². The van der Waals surface area contributed by atoms with Gasteiger partial charge in [0.1, 0.15) is 29.3 Å². The van der Waals surface area contributed by atoms with Crippen molar-refractivity contribution in [2.75, 3.05) is 6.61 Å². The van der Waals surface area contributed by atoms with Crippen LogP contribution in [-0.4, -0.2) is 61.0 Å². The van der Waals surface area contributed by atoms with Crippen LogP contribution < -0.4 is 9.05 Å². The van der Waals surface area contributed by atoms with E-state index >= 15 is 0 Å². The number of rotatable bonds is 16. The van der Waals surface area contributed by atoms with Crippen LogP contribution in [-0.2, 0) is 62.1 Å². The summed E-state index contributed by atoms with van der Waals surface area (Å²) in [5.74, 6) is 0.613. The van der Waals surface area contributed by atoms with Crippen LogP contribution in [0.5, 0.6) is 11.5 Å². The second-order valence-corrected chi connectivity index (χ2v) is 17.7. The summed E-state index contributed by atoms with van der Waals surface area (Å²) in [6.07, 6.45) is 0.503. The first-order valence-electron chi connectivity index (χ1n) is 21.4. The minimum absolute atomic E-state index is 0.0102. The first kappa shape index (κ1) is 42.3. The largest absolute Gasteiger partial charge is 0.649 e. The lowest BCUT2D eigenvalue weighted by Gasteiger charge is -2.50. The maximum atomic E-state index is 14.7. The summed E-state index contributed by atoms with van der Waals surface area (Å²) in [6.45, 7) is 3.51. The third kappa shape index (κ3) is 10.8. The fraction of sp³-hybridized carbons (Fsp3) is 0.360. The zero-order valence-corrected chi connectivity index (χ0v) is 35.6. The van der Waals surface area contributed by atoms with Crippen molar-refractivity contribution in [2.45, 2.75) is 107 Å². The Balaban J connectivity index is 1.02. The van der Waals surface area contributed by atoms with Crippen molar-refractivity contribution in [3.63, 3.8) is 0 Å². The predicted molar refractivity (Wildman–Crippen MR) is 231 cm³/mol. The molecule has 0 saturated carbocycles. The van der Waals surface area contributed by atoms with Gasteiger partial charge in [-0.1, -0.05) is 127 Å². The van der Waals surface area contributed by atoms with E-state index in [-0.39, 0.29) is 24.3 Å². The number of ether oxygens (including phenoxy) is 7. The lowest BCUT2D eigenvalue weighted by atomic mass is 9.82. The minimum atomic E-state index is -4.39. The van der Waals surface area contributed by atoms with Crippen LogP contribution in [0.4, 0.5) is 0 Å². The van der Waals surface area contributed by atoms with E-state index in [1.165, 1.54) is 0 Å². The number of fused-ring (bicyclic) bond motifs is 3. The summed E-state index contributed by atoms with van der Waals surface area (Å²) in [5, 5.41) is 0. The molecule has 4 heterocycles. The third-order valence-corrected chi connectivity index (χ3v) is 13.1. The molecule has 2 unspecified atom stereocenters. The molecule has 9 atom stereocenters. The van der Waals surface area contributed by atoms with E-state index in [0.717, 1.165) is 16.7 Å². The summed E-state index contributed by atoms with van der Waals surface area (Å²) < 4.78 is 80.5. The number of phosphoric acid groups is 1. The lowest BCUT2D eigenvalue weighted by molar-refractivity contribution is -0.284. The van der Waals surface area contributed by atoms with E-state index in [2.05, 4.69) is 19.1 Å². The van der Waals surface area contributed by atoms with Crippen molar-refractivity contribution >= 4 is 7.82 Å². The maximum absolute atomic E-state index is 14.7. The Kier molecular flexibility index (Phi) is 13.4. The van der Waals surface area contributed by atoms with Crippen molar-refractivity contribution in [1.29, 1.82) is 0 Å². The van der Waals surface area contributed by atoms with Crippen LogP contribution in [0.15, 0.2) is 164 Å². The molecule has 3 saturated heterocycles. The Morgan fingerprint density at radius 1 is 0.581 bits per heavy atom. The van der Waals surface area contributed by atoms with E-state index in [1.807, 2.05) is 91.0 Å². The van der Waals surface area contributed by atoms with Gasteiger partial charge in [0.25, 0.3) is 5.95 Å². The molecule has 324 valence electrons. The highest BCUT2D eigenvalue weighted by Gasteiger charge is 2.58. The highest BCUT2D eigenvalue weighted by atomic mass is 31.2. The quantitative estimate of drug-likeness (QED) is 0.0698. The molecule has 0 bridgehead atoms. The van der Waals surface area contributed by atoms with Crippen molar-refractivity contribution in [1.82, 2.24) is 0 Å². The van der Waals surface area contributed by atoms with E-state index in [1.54, 1.807) is 54.6 Å². The Bertz CT molecular complexity index is 2190. The maximum Gasteiger partial charge on any atom is 0.649 e. The van der Waals surface area contributed by atoms with E-state index in [4.69, 9.17) is 46.7 Å². The molecule has 0 amide bonds. The van der Waals surface area contributed by atoms with Crippen LogP contribution >= 0.6 is 7.82 Å². The zero-order valence-electron chi connectivity index (χ0n) is 34.7. The van der Waals surface area contributed by atoms with Crippen LogP contribution in [0.3, 0.4) is 0 Å². The van der Waals surface area contributed by atoms with Gasteiger partial charge in [0.05, 0.1) is 63.1 Å². The molecule has 0 radical (unpaired) electrons. The number of benzene rings is 5. The van der Waals surface area contributed by atoms with Crippen molar-refractivity contribution < 1.29 is 51.3 Å². The van der Waals surface area contributed by atoms with Gasteiger partial charge in [-0.05, 0) is 54.0 Å². The monoisotopic (exact) mass is 860 g/mol. The molecule has 4 aliphatic rings. The van der Waals surface area contributed by atoms with Gasteiger partial charge < -0.3 is 46.7 Å². The minimum Gasteiger partial charge on any atom is -0.459 e. The first-order chi connectivity index (χ1) is 30.4. The average molecular weight is 861 g/mol. The molecule has 12 heteroatoms. The Morgan fingerprint density at radius 3 is 1.71 bits per heavy atom. The second kappa shape index (κ2) is 19.6. The molecule has 5 aromatic carbocycles. The number of epoxide rings is 1. The summed E-state index contributed by atoms with van der Waals surface area (Å²) in [5.41, 5.74) is 2.17. The van der Waals surface area contributed by atoms with Crippen LogP contribution in [0, 0.1) is 0 Å². The molecule has 3 fully saturated rings. The number of hydrogen-bond acceptors (Lipinski definition) is 11. The van der Waals surface area contributed by atoms with Gasteiger partial charge in [0, 0.05) is 25.7 Å². The number of para-hydroxylation sites is 2. The van der Waals surface area contributed by atoms with Crippen LogP contribution in [0.2, 0.25) is 0 Å². The standard InChI is InChI=1S/C50H53O11P/c1-50-47(54-34-38-21-11-4-12-22-38)31-45-44(56-48(50)30-42(53-33-37-19-9-3-10-20-37)46(58-50)35-52-32-36-17-7-2-8-18-36)29-43-41(55-43)27-28-49(57-45)61-62(51,59-39-23-13-5-14-24-39)60-40-25-15-6-16-26-40/h2-26,28,41-48H,27,29-35H2,1H3/b49-28+/t41?,42-,43?,44-,45+,46+,47+,48+,50-/m0/s1. The third-order valence-electron chi connectivity index (χ3n) is 11.8. The van der Waals surface area contributed by atoms with Crippen molar-refractivity contribution in [3.05, 3.63) is 180 Å². The van der Waals surface area contributed by atoms with Gasteiger partial charge in [-0.2, -0.15) is 4.57 Å². The molecule has 0 aliphatic carbocycles. The van der Waals surface area contributed by atoms with Crippen molar-refractivity contribution in [3.8, 4) is 11.5 Å². The Labute approximate surface area is 363 Å². The van der Waals surface area contributed by atoms with Crippen LogP contribution in [0.25, 0.3) is 0 Å². The normalized spacial score (nSPS) is 29.0. The van der Waals surface area contributed by atoms with Gasteiger partial charge >= 0.3 is 7.82 Å². The molecule has 0 N–H and O–H groups in total. The molecule has 5 aromatic rings. The number of hydrogen-bond donors (Lipinski definition) is 0. The molecule has 62 heavy (non-hydrogen) atoms. The molecule has 0 aromatic heterocycles. The SMILES string of the molecule is C[C@@]12O[C@H](COCc3ccccc3)[C@@H](OCc3ccccc3)C[C@H]1O[C@H]1CC3OC3C/C=C(/OP(=O)(Oc3ccccc3)Oc3ccccc3)O[C@@H]1C[C@H]2OCc1ccccc1. The molecular weight excluding hydrogens is 808 g/mol. The molecular formula is C50H53O11P. The highest BCUT2D eigenvalue weighted by molar-refractivity contribution is 7.49. The van der Waals surface area contributed by atoms with E-state index in [0.29, 0.717) is 63.6 Å².